The van der Waals surface area contributed by atoms with Crippen molar-refractivity contribution in [1.29, 1.82) is 0 Å². The number of furan rings is 1. The minimum absolute atomic E-state index is 0.0262. The first-order valence-electron chi connectivity index (χ1n) is 6.98. The van der Waals surface area contributed by atoms with Crippen molar-refractivity contribution in [2.45, 2.75) is 31.9 Å². The van der Waals surface area contributed by atoms with Gasteiger partial charge in [-0.3, -0.25) is 0 Å². The van der Waals surface area contributed by atoms with Crippen LogP contribution in [0.1, 0.15) is 35.6 Å². The average Bonchev–Trinajstić information content (AvgIpc) is 3.08. The summed E-state index contributed by atoms with van der Waals surface area (Å²) in [5, 5.41) is 11.9. The third kappa shape index (κ3) is 4.96. The second-order valence-corrected chi connectivity index (χ2v) is 4.81. The molecule has 1 unspecified atom stereocenters. The lowest BCUT2D eigenvalue weighted by Crippen LogP contribution is -2.18. The van der Waals surface area contributed by atoms with Crippen molar-refractivity contribution in [3.05, 3.63) is 23.7 Å². The highest BCUT2D eigenvalue weighted by molar-refractivity contribution is 5.84. The van der Waals surface area contributed by atoms with Crippen molar-refractivity contribution < 1.29 is 23.8 Å². The van der Waals surface area contributed by atoms with E-state index >= 15 is 0 Å². The van der Waals surface area contributed by atoms with E-state index in [0.29, 0.717) is 25.5 Å². The molecule has 0 aromatic carbocycles. The van der Waals surface area contributed by atoms with Gasteiger partial charge in [0.15, 0.2) is 0 Å². The Labute approximate surface area is 118 Å². The quantitative estimate of drug-likeness (QED) is 0.671. The van der Waals surface area contributed by atoms with Crippen LogP contribution in [0.2, 0.25) is 0 Å². The highest BCUT2D eigenvalue weighted by atomic mass is 16.5. The minimum Gasteiger partial charge on any atom is -0.475 e. The summed E-state index contributed by atoms with van der Waals surface area (Å²) < 4.78 is 16.1. The molecule has 2 heterocycles. The standard InChI is InChI=1S/C14H21NO5/c16-14(17)13-5-4-11(20-13)9-15-6-2-7-18-10-12-3-1-8-19-12/h4-5,12,15H,1-3,6-10H2,(H,16,17). The van der Waals surface area contributed by atoms with Crippen LogP contribution < -0.4 is 5.32 Å². The molecule has 1 aromatic heterocycles. The molecule has 0 radical (unpaired) electrons. The zero-order valence-corrected chi connectivity index (χ0v) is 11.5. The van der Waals surface area contributed by atoms with Crippen LogP contribution in [0.3, 0.4) is 0 Å². The fourth-order valence-electron chi connectivity index (χ4n) is 2.09. The van der Waals surface area contributed by atoms with Gasteiger partial charge in [-0.15, -0.1) is 0 Å². The summed E-state index contributed by atoms with van der Waals surface area (Å²) in [6.07, 6.45) is 3.42. The Morgan fingerprint density at radius 1 is 1.50 bits per heavy atom. The summed E-state index contributed by atoms with van der Waals surface area (Å²) in [7, 11) is 0. The molecule has 6 nitrogen and oxygen atoms in total. The number of carboxylic acids is 1. The molecule has 0 saturated carbocycles. The zero-order chi connectivity index (χ0) is 14.2. The van der Waals surface area contributed by atoms with Crippen LogP contribution >= 0.6 is 0 Å². The lowest BCUT2D eigenvalue weighted by molar-refractivity contribution is 0.0166. The van der Waals surface area contributed by atoms with Crippen molar-refractivity contribution >= 4 is 5.97 Å². The molecule has 20 heavy (non-hydrogen) atoms. The van der Waals surface area contributed by atoms with Gasteiger partial charge in [-0.05, 0) is 37.9 Å². The molecule has 112 valence electrons. The van der Waals surface area contributed by atoms with Crippen LogP contribution in [0.4, 0.5) is 0 Å². The first-order valence-corrected chi connectivity index (χ1v) is 6.98. The molecule has 1 saturated heterocycles. The minimum atomic E-state index is -1.04. The summed E-state index contributed by atoms with van der Waals surface area (Å²) in [5.74, 6) is -0.442. The maximum absolute atomic E-state index is 10.6. The lowest BCUT2D eigenvalue weighted by Gasteiger charge is -2.10. The summed E-state index contributed by atoms with van der Waals surface area (Å²) in [6.45, 7) is 3.57. The van der Waals surface area contributed by atoms with Crippen molar-refractivity contribution in [3.8, 4) is 0 Å². The molecule has 1 aliphatic heterocycles. The van der Waals surface area contributed by atoms with Gasteiger partial charge in [0.05, 0.1) is 19.3 Å². The normalized spacial score (nSPS) is 18.5. The molecule has 1 aromatic rings. The largest absolute Gasteiger partial charge is 0.475 e. The van der Waals surface area contributed by atoms with Gasteiger partial charge in [-0.25, -0.2) is 4.79 Å². The monoisotopic (exact) mass is 283 g/mol. The van der Waals surface area contributed by atoms with E-state index in [-0.39, 0.29) is 11.9 Å². The number of rotatable bonds is 9. The molecular formula is C14H21NO5. The van der Waals surface area contributed by atoms with Gasteiger partial charge in [0.2, 0.25) is 5.76 Å². The SMILES string of the molecule is O=C(O)c1ccc(CNCCCOCC2CCCO2)o1. The molecule has 2 N–H and O–H groups in total. The van der Waals surface area contributed by atoms with Crippen molar-refractivity contribution in [3.63, 3.8) is 0 Å². The van der Waals surface area contributed by atoms with Crippen LogP contribution in [-0.4, -0.2) is 43.5 Å². The number of carbonyl (C=O) groups is 1. The molecule has 1 fully saturated rings. The molecule has 2 rings (SSSR count). The molecule has 1 aliphatic rings. The van der Waals surface area contributed by atoms with E-state index in [0.717, 1.165) is 32.4 Å². The topological polar surface area (TPSA) is 80.9 Å². The maximum atomic E-state index is 10.6. The van der Waals surface area contributed by atoms with E-state index in [9.17, 15) is 4.79 Å². The van der Waals surface area contributed by atoms with Crippen LogP contribution in [0.25, 0.3) is 0 Å². The van der Waals surface area contributed by atoms with Gasteiger partial charge >= 0.3 is 5.97 Å². The third-order valence-corrected chi connectivity index (χ3v) is 3.14. The molecule has 6 heteroatoms. The zero-order valence-electron chi connectivity index (χ0n) is 11.5. The molecule has 0 aliphatic carbocycles. The third-order valence-electron chi connectivity index (χ3n) is 3.14. The summed E-state index contributed by atoms with van der Waals surface area (Å²) in [5.41, 5.74) is 0. The van der Waals surface area contributed by atoms with Gasteiger partial charge in [0.1, 0.15) is 5.76 Å². The predicted molar refractivity (Wildman–Crippen MR) is 71.8 cm³/mol. The Kier molecular flexibility index (Phi) is 6.04. The van der Waals surface area contributed by atoms with Crippen LogP contribution in [0.5, 0.6) is 0 Å². The summed E-state index contributed by atoms with van der Waals surface area (Å²) >= 11 is 0. The molecule has 0 spiro atoms. The Bertz CT molecular complexity index is 411. The van der Waals surface area contributed by atoms with Gasteiger partial charge in [0, 0.05) is 13.2 Å². The Morgan fingerprint density at radius 2 is 2.40 bits per heavy atom. The second kappa shape index (κ2) is 8.04. The Balaban J connectivity index is 1.47. The van der Waals surface area contributed by atoms with Crippen LogP contribution in [0.15, 0.2) is 16.5 Å². The predicted octanol–water partition coefficient (Wildman–Crippen LogP) is 1.65. The second-order valence-electron chi connectivity index (χ2n) is 4.81. The highest BCUT2D eigenvalue weighted by Gasteiger charge is 2.14. The van der Waals surface area contributed by atoms with E-state index in [2.05, 4.69) is 5.32 Å². The van der Waals surface area contributed by atoms with E-state index < -0.39 is 5.97 Å². The first kappa shape index (κ1) is 15.0. The number of hydrogen-bond donors (Lipinski definition) is 2. The summed E-state index contributed by atoms with van der Waals surface area (Å²) in [6, 6.07) is 3.13. The highest BCUT2D eigenvalue weighted by Crippen LogP contribution is 2.11. The molecular weight excluding hydrogens is 262 g/mol. The Hall–Kier alpha value is -1.37. The number of aromatic carboxylic acids is 1. The number of nitrogens with one attached hydrogen (secondary N) is 1. The van der Waals surface area contributed by atoms with Crippen molar-refractivity contribution in [1.82, 2.24) is 5.32 Å². The summed E-state index contributed by atoms with van der Waals surface area (Å²) in [4.78, 5) is 10.6. The van der Waals surface area contributed by atoms with Gasteiger partial charge in [0.25, 0.3) is 0 Å². The van der Waals surface area contributed by atoms with E-state index in [1.54, 1.807) is 6.07 Å². The lowest BCUT2D eigenvalue weighted by atomic mass is 10.2. The smallest absolute Gasteiger partial charge is 0.371 e. The van der Waals surface area contributed by atoms with E-state index in [4.69, 9.17) is 19.0 Å². The van der Waals surface area contributed by atoms with Crippen molar-refractivity contribution in [2.24, 2.45) is 0 Å². The molecule has 1 atom stereocenters. The van der Waals surface area contributed by atoms with E-state index in [1.807, 2.05) is 0 Å². The fraction of sp³-hybridized carbons (Fsp3) is 0.643. The average molecular weight is 283 g/mol. The van der Waals surface area contributed by atoms with Gasteiger partial charge in [-0.2, -0.15) is 0 Å². The van der Waals surface area contributed by atoms with Crippen LogP contribution in [0, 0.1) is 0 Å². The molecule has 0 amide bonds. The number of hydrogen-bond acceptors (Lipinski definition) is 5. The number of carboxylic acid groups (broad SMARTS) is 1. The van der Waals surface area contributed by atoms with Crippen LogP contribution in [-0.2, 0) is 16.0 Å². The molecule has 0 bridgehead atoms. The first-order chi connectivity index (χ1) is 9.75. The fourth-order valence-corrected chi connectivity index (χ4v) is 2.09. The van der Waals surface area contributed by atoms with Gasteiger partial charge < -0.3 is 24.3 Å². The Morgan fingerprint density at radius 3 is 3.10 bits per heavy atom. The van der Waals surface area contributed by atoms with Gasteiger partial charge in [-0.1, -0.05) is 0 Å². The maximum Gasteiger partial charge on any atom is 0.371 e. The van der Waals surface area contributed by atoms with E-state index in [1.165, 1.54) is 6.07 Å². The van der Waals surface area contributed by atoms with Crippen molar-refractivity contribution in [2.75, 3.05) is 26.4 Å². The number of ether oxygens (including phenoxy) is 2.